The van der Waals surface area contributed by atoms with Gasteiger partial charge in [0.1, 0.15) is 18.0 Å². The molecule has 1 aromatic carbocycles. The summed E-state index contributed by atoms with van der Waals surface area (Å²) >= 11 is 0.892. The molecule has 0 saturated heterocycles. The molecule has 0 heterocycles. The largest absolute Gasteiger partial charge is 0.491 e. The molecule has 0 spiro atoms. The molecule has 7 heteroatoms. The van der Waals surface area contributed by atoms with Crippen LogP contribution in [0, 0.1) is 0 Å². The Kier molecular flexibility index (Phi) is 8.81. The van der Waals surface area contributed by atoms with Gasteiger partial charge >= 0.3 is 6.09 Å². The monoisotopic (exact) mass is 357 g/mol. The van der Waals surface area contributed by atoms with Gasteiger partial charge in [-0.25, -0.2) is 4.79 Å². The zero-order valence-electron chi connectivity index (χ0n) is 14.7. The first-order valence-electron chi connectivity index (χ1n) is 7.77. The Labute approximate surface area is 147 Å². The normalized spacial score (nSPS) is 12.3. The Morgan fingerprint density at radius 3 is 2.42 bits per heavy atom. The standard InChI is InChI=1S/C17H27NO5S/c1-13(19)24-12-11-21-9-10-22-15-7-5-14(6-8-15)18-16(20)23-17(2,3)4/h5-8,19,24H,9-12H2,1-4H3,(H,18,20). The van der Waals surface area contributed by atoms with Crippen molar-refractivity contribution in [3.8, 4) is 5.75 Å². The fourth-order valence-electron chi connectivity index (χ4n) is 1.65. The maximum Gasteiger partial charge on any atom is 0.412 e. The Bertz CT molecular complexity index is 533. The predicted octanol–water partition coefficient (Wildman–Crippen LogP) is 3.60. The van der Waals surface area contributed by atoms with Crippen LogP contribution in [0.5, 0.6) is 5.75 Å². The number of anilines is 1. The summed E-state index contributed by atoms with van der Waals surface area (Å²) in [5, 5.41) is 12.1. The quantitative estimate of drug-likeness (QED) is 0.376. The zero-order valence-corrected chi connectivity index (χ0v) is 15.6. The number of carbonyl (C=O) groups excluding carboxylic acids is 1. The predicted molar refractivity (Wildman–Crippen MR) is 99.8 cm³/mol. The number of aliphatic hydroxyl groups excluding tert-OH is 1. The maximum absolute atomic E-state index is 11.7. The highest BCUT2D eigenvalue weighted by atomic mass is 32.1. The van der Waals surface area contributed by atoms with Crippen LogP contribution in [0.15, 0.2) is 24.3 Å². The number of aliphatic hydroxyl groups is 1. The van der Waals surface area contributed by atoms with E-state index < -0.39 is 11.7 Å². The van der Waals surface area contributed by atoms with Crippen molar-refractivity contribution < 1.29 is 24.1 Å². The van der Waals surface area contributed by atoms with Crippen LogP contribution >= 0.6 is 11.4 Å². The van der Waals surface area contributed by atoms with Crippen LogP contribution in [-0.2, 0) is 9.47 Å². The van der Waals surface area contributed by atoms with Gasteiger partial charge in [-0.3, -0.25) is 5.32 Å². The van der Waals surface area contributed by atoms with E-state index in [1.807, 2.05) is 20.8 Å². The zero-order chi connectivity index (χ0) is 18.0. The van der Waals surface area contributed by atoms with E-state index in [9.17, 15) is 4.79 Å². The van der Waals surface area contributed by atoms with Gasteiger partial charge in [-0.2, -0.15) is 11.4 Å². The number of nitrogens with one attached hydrogen (secondary N) is 1. The highest BCUT2D eigenvalue weighted by Gasteiger charge is 2.16. The molecule has 0 unspecified atom stereocenters. The number of benzene rings is 1. The van der Waals surface area contributed by atoms with Crippen molar-refractivity contribution in [1.29, 1.82) is 0 Å². The summed E-state index contributed by atoms with van der Waals surface area (Å²) < 4.78 is 16.1. The molecular formula is C17H27NO5S. The number of amides is 1. The molecular weight excluding hydrogens is 330 g/mol. The number of carbonyl (C=O) groups is 1. The van der Waals surface area contributed by atoms with Crippen LogP contribution < -0.4 is 10.1 Å². The summed E-state index contributed by atoms with van der Waals surface area (Å²) in [4.78, 5) is 11.7. The maximum atomic E-state index is 11.7. The Morgan fingerprint density at radius 2 is 1.83 bits per heavy atom. The third kappa shape index (κ3) is 10.3. The second-order valence-corrected chi connectivity index (χ2v) is 7.45. The van der Waals surface area contributed by atoms with Gasteiger partial charge in [-0.15, -0.1) is 0 Å². The molecule has 0 aliphatic carbocycles. The molecule has 0 bridgehead atoms. The van der Waals surface area contributed by atoms with E-state index in [1.165, 1.54) is 0 Å². The van der Waals surface area contributed by atoms with E-state index in [1.54, 1.807) is 31.2 Å². The fraction of sp³-hybridized carbons (Fsp3) is 0.529. The lowest BCUT2D eigenvalue weighted by molar-refractivity contribution is 0.0636. The fourth-order valence-corrected chi connectivity index (χ4v) is 2.19. The average Bonchev–Trinajstić information content (AvgIpc) is 2.45. The van der Waals surface area contributed by atoms with E-state index in [0.29, 0.717) is 36.3 Å². The van der Waals surface area contributed by atoms with Crippen molar-refractivity contribution >= 4 is 28.2 Å². The lowest BCUT2D eigenvalue weighted by Gasteiger charge is -2.19. The Morgan fingerprint density at radius 1 is 1.17 bits per heavy atom. The van der Waals surface area contributed by atoms with Crippen LogP contribution in [0.2, 0.25) is 0 Å². The summed E-state index contributed by atoms with van der Waals surface area (Å²) in [5.41, 5.74) is 0.114. The molecule has 1 aromatic rings. The molecule has 1 amide bonds. The number of hydrogen-bond acceptors (Lipinski definition) is 4. The Hall–Kier alpha value is -1.57. The highest BCUT2D eigenvalue weighted by molar-refractivity contribution is 7.98. The van der Waals surface area contributed by atoms with E-state index in [-0.39, 0.29) is 0 Å². The van der Waals surface area contributed by atoms with E-state index in [4.69, 9.17) is 19.3 Å². The molecule has 6 nitrogen and oxygen atoms in total. The van der Waals surface area contributed by atoms with Crippen LogP contribution in [0.1, 0.15) is 27.7 Å². The molecule has 0 aliphatic rings. The van der Waals surface area contributed by atoms with Gasteiger partial charge in [-0.05, 0) is 52.0 Å². The molecule has 0 saturated carbocycles. The van der Waals surface area contributed by atoms with E-state index in [0.717, 1.165) is 17.1 Å². The SMILES string of the molecule is CC(O)=[SH]CCOCCOc1ccc(NC(=O)OC(C)(C)C)cc1. The molecule has 2 N–H and O–H groups in total. The molecule has 0 aromatic heterocycles. The third-order valence-corrected chi connectivity index (χ3v) is 3.44. The minimum atomic E-state index is -0.527. The number of thiol groups is 1. The van der Waals surface area contributed by atoms with Crippen molar-refractivity contribution in [2.75, 3.05) is 30.9 Å². The van der Waals surface area contributed by atoms with Crippen LogP contribution in [-0.4, -0.2) is 47.4 Å². The summed E-state index contributed by atoms with van der Waals surface area (Å²) in [5.74, 6) is 1.47. The van der Waals surface area contributed by atoms with Gasteiger partial charge < -0.3 is 19.3 Å². The van der Waals surface area contributed by atoms with Gasteiger partial charge in [-0.1, -0.05) is 0 Å². The van der Waals surface area contributed by atoms with Gasteiger partial charge in [0.25, 0.3) is 0 Å². The number of ether oxygens (including phenoxy) is 3. The minimum absolute atomic E-state index is 0.398. The first kappa shape index (κ1) is 20.5. The topological polar surface area (TPSA) is 77.0 Å². The molecule has 24 heavy (non-hydrogen) atoms. The number of hydrogen-bond donors (Lipinski definition) is 3. The molecule has 0 radical (unpaired) electrons. The second kappa shape index (κ2) is 10.3. The van der Waals surface area contributed by atoms with Crippen molar-refractivity contribution in [3.05, 3.63) is 24.3 Å². The van der Waals surface area contributed by atoms with Crippen molar-refractivity contribution in [2.24, 2.45) is 0 Å². The van der Waals surface area contributed by atoms with Crippen molar-refractivity contribution in [2.45, 2.75) is 33.3 Å². The molecule has 1 rings (SSSR count). The van der Waals surface area contributed by atoms with Gasteiger partial charge in [0, 0.05) is 11.4 Å². The average molecular weight is 357 g/mol. The van der Waals surface area contributed by atoms with E-state index in [2.05, 4.69) is 5.32 Å². The number of rotatable bonds is 8. The van der Waals surface area contributed by atoms with Gasteiger partial charge in [0.05, 0.1) is 18.3 Å². The minimum Gasteiger partial charge on any atom is -0.491 e. The lowest BCUT2D eigenvalue weighted by Crippen LogP contribution is -2.27. The summed E-state index contributed by atoms with van der Waals surface area (Å²) in [7, 11) is 0. The van der Waals surface area contributed by atoms with E-state index >= 15 is 0 Å². The van der Waals surface area contributed by atoms with Gasteiger partial charge in [0.15, 0.2) is 0 Å². The van der Waals surface area contributed by atoms with Gasteiger partial charge in [0.2, 0.25) is 0 Å². The Balaban J connectivity index is 2.25. The second-order valence-electron chi connectivity index (χ2n) is 6.04. The van der Waals surface area contributed by atoms with Crippen LogP contribution in [0.3, 0.4) is 0 Å². The van der Waals surface area contributed by atoms with Crippen molar-refractivity contribution in [3.63, 3.8) is 0 Å². The molecule has 0 aliphatic heterocycles. The first-order chi connectivity index (χ1) is 11.3. The summed E-state index contributed by atoms with van der Waals surface area (Å²) in [6, 6.07) is 7.04. The first-order valence-corrected chi connectivity index (χ1v) is 8.85. The van der Waals surface area contributed by atoms with Crippen molar-refractivity contribution in [1.82, 2.24) is 0 Å². The third-order valence-electron chi connectivity index (χ3n) is 2.57. The van der Waals surface area contributed by atoms with Crippen LogP contribution in [0.4, 0.5) is 10.5 Å². The molecule has 0 fully saturated rings. The summed E-state index contributed by atoms with van der Waals surface area (Å²) in [6.07, 6.45) is -0.487. The van der Waals surface area contributed by atoms with Crippen LogP contribution in [0.25, 0.3) is 0 Å². The summed E-state index contributed by atoms with van der Waals surface area (Å²) in [6.45, 7) is 8.63. The smallest absolute Gasteiger partial charge is 0.412 e. The highest BCUT2D eigenvalue weighted by Crippen LogP contribution is 2.17. The lowest BCUT2D eigenvalue weighted by atomic mass is 10.2. The molecule has 0 atom stereocenters. The molecule has 136 valence electrons.